The number of fused-ring (bicyclic) bond motifs is 10. The summed E-state index contributed by atoms with van der Waals surface area (Å²) in [5.41, 5.74) is 22.7. The highest BCUT2D eigenvalue weighted by Crippen LogP contribution is 2.62. The molecule has 0 radical (unpaired) electrons. The number of hydrogen-bond acceptors (Lipinski definition) is 3. The van der Waals surface area contributed by atoms with Crippen molar-refractivity contribution in [3.8, 4) is 5.69 Å². The Morgan fingerprint density at radius 2 is 1.12 bits per heavy atom. The zero-order valence-electron chi connectivity index (χ0n) is 37.6. The number of aromatic nitrogens is 1. The minimum atomic E-state index is -0.0541. The normalized spacial score (nSPS) is 20.5. The second-order valence-electron chi connectivity index (χ2n) is 20.0. The molecule has 2 unspecified atom stereocenters. The van der Waals surface area contributed by atoms with Crippen LogP contribution in [0.4, 0.5) is 45.5 Å². The highest BCUT2D eigenvalue weighted by Gasteiger charge is 2.58. The van der Waals surface area contributed by atoms with Crippen LogP contribution >= 0.6 is 0 Å². The molecule has 1 saturated carbocycles. The third kappa shape index (κ3) is 5.18. The highest BCUT2D eigenvalue weighted by atomic mass is 15.3. The lowest BCUT2D eigenvalue weighted by Crippen LogP contribution is -2.61. The summed E-state index contributed by atoms with van der Waals surface area (Å²) in [5.74, 6) is 0.337. The molecule has 4 nitrogen and oxygen atoms in total. The van der Waals surface area contributed by atoms with Crippen LogP contribution in [0.2, 0.25) is 0 Å². The maximum absolute atomic E-state index is 2.76. The first-order valence-corrected chi connectivity index (χ1v) is 24.0. The van der Waals surface area contributed by atoms with E-state index in [0.29, 0.717) is 5.92 Å². The Kier molecular flexibility index (Phi) is 8.33. The van der Waals surface area contributed by atoms with Crippen molar-refractivity contribution in [3.05, 3.63) is 180 Å². The maximum atomic E-state index is 2.76. The standard InChI is InChI=1S/C59H55BN4/c1-39(2)40-34-55-57-56(35-40)62(42-22-10-6-11-23-42)54-37-47-52(64(43-24-12-7-13-25-43)59(4)33-19-18-32-58(47,59)3)38-49(54)60(57)48-31-30-44(36-53(48)61(55)41-20-8-5-9-21-41)63-50-28-16-14-26-45(50)46-27-15-17-29-51(46)63/h5-14,16,20-26,28,30-31,34-39H,15,17-19,27,29,32-33H2,1-4H3. The fourth-order valence-electron chi connectivity index (χ4n) is 13.2. The Morgan fingerprint density at radius 3 is 1.81 bits per heavy atom. The van der Waals surface area contributed by atoms with Gasteiger partial charge in [-0.05, 0) is 163 Å². The molecule has 5 heteroatoms. The molecule has 8 aromatic rings. The van der Waals surface area contributed by atoms with Crippen molar-refractivity contribution >= 4 is 79.5 Å². The van der Waals surface area contributed by atoms with Gasteiger partial charge in [0, 0.05) is 67.7 Å². The fourth-order valence-corrected chi connectivity index (χ4v) is 13.2. The van der Waals surface area contributed by atoms with Gasteiger partial charge in [-0.1, -0.05) is 112 Å². The van der Waals surface area contributed by atoms with E-state index in [1.165, 1.54) is 139 Å². The number of nitrogens with zero attached hydrogens (tertiary/aromatic N) is 4. The average Bonchev–Trinajstić information content (AvgIpc) is 3.77. The second kappa shape index (κ2) is 14.0. The number of rotatable bonds is 5. The lowest BCUT2D eigenvalue weighted by molar-refractivity contribution is 0.195. The van der Waals surface area contributed by atoms with Crippen LogP contribution in [-0.2, 0) is 18.3 Å². The van der Waals surface area contributed by atoms with Crippen LogP contribution in [0.1, 0.15) is 94.5 Å². The van der Waals surface area contributed by atoms with Gasteiger partial charge in [0.2, 0.25) is 0 Å². The van der Waals surface area contributed by atoms with Crippen LogP contribution in [0.5, 0.6) is 0 Å². The average molecular weight is 831 g/mol. The third-order valence-electron chi connectivity index (χ3n) is 16.4. The van der Waals surface area contributed by atoms with Crippen molar-refractivity contribution in [2.24, 2.45) is 0 Å². The lowest BCUT2D eigenvalue weighted by Gasteiger charge is -2.50. The second-order valence-corrected chi connectivity index (χ2v) is 20.0. The lowest BCUT2D eigenvalue weighted by atomic mass is 9.33. The summed E-state index contributed by atoms with van der Waals surface area (Å²) in [5, 5.41) is 1.41. The van der Waals surface area contributed by atoms with Crippen molar-refractivity contribution in [2.45, 2.75) is 95.9 Å². The summed E-state index contributed by atoms with van der Waals surface area (Å²) < 4.78 is 2.61. The van der Waals surface area contributed by atoms with E-state index in [4.69, 9.17) is 0 Å². The van der Waals surface area contributed by atoms with Gasteiger partial charge in [-0.15, -0.1) is 0 Å². The van der Waals surface area contributed by atoms with E-state index in [2.05, 4.69) is 205 Å². The van der Waals surface area contributed by atoms with Crippen molar-refractivity contribution in [1.82, 2.24) is 4.57 Å². The van der Waals surface area contributed by atoms with Crippen molar-refractivity contribution in [3.63, 3.8) is 0 Å². The van der Waals surface area contributed by atoms with Crippen molar-refractivity contribution in [2.75, 3.05) is 14.7 Å². The van der Waals surface area contributed by atoms with Crippen LogP contribution in [0.3, 0.4) is 0 Å². The van der Waals surface area contributed by atoms with E-state index < -0.39 is 0 Å². The molecule has 0 N–H and O–H groups in total. The van der Waals surface area contributed by atoms with Gasteiger partial charge in [0.15, 0.2) is 0 Å². The molecule has 314 valence electrons. The molecule has 2 aliphatic carbocycles. The first kappa shape index (κ1) is 38.0. The smallest absolute Gasteiger partial charge is 0.252 e. The van der Waals surface area contributed by atoms with E-state index in [9.17, 15) is 0 Å². The van der Waals surface area contributed by atoms with Crippen molar-refractivity contribution < 1.29 is 0 Å². The van der Waals surface area contributed by atoms with E-state index in [1.807, 2.05) is 0 Å². The van der Waals surface area contributed by atoms with Crippen LogP contribution in [0.25, 0.3) is 16.6 Å². The van der Waals surface area contributed by atoms with E-state index in [1.54, 1.807) is 0 Å². The molecular formula is C59H55BN4. The quantitative estimate of drug-likeness (QED) is 0.161. The molecule has 0 bridgehead atoms. The summed E-state index contributed by atoms with van der Waals surface area (Å²) >= 11 is 0. The first-order chi connectivity index (χ1) is 31.3. The number of benzene rings is 7. The minimum absolute atomic E-state index is 0.0127. The molecule has 0 amide bonds. The maximum Gasteiger partial charge on any atom is 0.252 e. The molecule has 7 aromatic carbocycles. The number of hydrogen-bond donors (Lipinski definition) is 0. The van der Waals surface area contributed by atoms with E-state index in [0.717, 1.165) is 12.8 Å². The Bertz CT molecular complexity index is 3150. The molecule has 2 atom stereocenters. The van der Waals surface area contributed by atoms with Gasteiger partial charge in [0.1, 0.15) is 0 Å². The molecule has 3 aliphatic heterocycles. The monoisotopic (exact) mass is 830 g/mol. The fraction of sp³-hybridized carbons (Fsp3) is 0.254. The summed E-state index contributed by atoms with van der Waals surface area (Å²) in [6.07, 6.45) is 9.61. The number of para-hydroxylation sites is 4. The SMILES string of the molecule is CC(C)c1cc2c3c(c1)N(c1ccccc1)c1cc4c(cc1B3c1ccc(-n3c5c(c6ccccc63)CCCC5)cc1N2c1ccccc1)N(c1ccccc1)C1(C)CCCCC41C. The minimum Gasteiger partial charge on any atom is -0.334 e. The molecular weight excluding hydrogens is 775 g/mol. The summed E-state index contributed by atoms with van der Waals surface area (Å²) in [6.45, 7) is 9.87. The van der Waals surface area contributed by atoms with Gasteiger partial charge in [0.25, 0.3) is 6.71 Å². The summed E-state index contributed by atoms with van der Waals surface area (Å²) in [4.78, 5) is 8.00. The summed E-state index contributed by atoms with van der Waals surface area (Å²) in [6, 6.07) is 60.6. The van der Waals surface area contributed by atoms with Gasteiger partial charge in [-0.25, -0.2) is 0 Å². The zero-order chi connectivity index (χ0) is 42.9. The largest absolute Gasteiger partial charge is 0.334 e. The van der Waals surface area contributed by atoms with Gasteiger partial charge in [-0.3, -0.25) is 0 Å². The first-order valence-electron chi connectivity index (χ1n) is 24.0. The third-order valence-corrected chi connectivity index (χ3v) is 16.4. The molecule has 1 aromatic heterocycles. The molecule has 4 heterocycles. The zero-order valence-corrected chi connectivity index (χ0v) is 37.6. The predicted molar refractivity (Wildman–Crippen MR) is 271 cm³/mol. The Labute approximate surface area is 378 Å². The summed E-state index contributed by atoms with van der Waals surface area (Å²) in [7, 11) is 0. The van der Waals surface area contributed by atoms with Gasteiger partial charge in [-0.2, -0.15) is 0 Å². The van der Waals surface area contributed by atoms with Gasteiger partial charge >= 0.3 is 0 Å². The molecule has 13 rings (SSSR count). The molecule has 0 spiro atoms. The van der Waals surface area contributed by atoms with E-state index in [-0.39, 0.29) is 17.7 Å². The highest BCUT2D eigenvalue weighted by molar-refractivity contribution is 7.00. The Balaban J connectivity index is 1.14. The topological polar surface area (TPSA) is 14.7 Å². The molecule has 0 saturated heterocycles. The van der Waals surface area contributed by atoms with Crippen molar-refractivity contribution in [1.29, 1.82) is 0 Å². The van der Waals surface area contributed by atoms with Gasteiger partial charge < -0.3 is 19.3 Å². The number of aryl methyl sites for hydroxylation is 1. The van der Waals surface area contributed by atoms with Crippen LogP contribution in [0, 0.1) is 0 Å². The predicted octanol–water partition coefficient (Wildman–Crippen LogP) is 13.5. The van der Waals surface area contributed by atoms with E-state index >= 15 is 0 Å². The molecule has 5 aliphatic rings. The van der Waals surface area contributed by atoms with Crippen LogP contribution < -0.4 is 31.1 Å². The Morgan fingerprint density at radius 1 is 0.516 bits per heavy atom. The van der Waals surface area contributed by atoms with Crippen LogP contribution in [0.15, 0.2) is 158 Å². The van der Waals surface area contributed by atoms with Crippen LogP contribution in [-0.4, -0.2) is 16.8 Å². The molecule has 1 fully saturated rings. The van der Waals surface area contributed by atoms with Gasteiger partial charge in [0.05, 0.1) is 11.1 Å². The molecule has 64 heavy (non-hydrogen) atoms. The Hall–Kier alpha value is -6.46. The number of anilines is 8.